The molecule has 0 aromatic heterocycles. The van der Waals surface area contributed by atoms with Crippen LogP contribution in [0.2, 0.25) is 5.02 Å². The van der Waals surface area contributed by atoms with Crippen LogP contribution in [0.1, 0.15) is 22.8 Å². The summed E-state index contributed by atoms with van der Waals surface area (Å²) in [6.45, 7) is 1.36. The van der Waals surface area contributed by atoms with Crippen molar-refractivity contribution in [1.29, 1.82) is 0 Å². The molecule has 32 heavy (non-hydrogen) atoms. The number of methoxy groups -OCH3 is 1. The van der Waals surface area contributed by atoms with Gasteiger partial charge in [0.2, 0.25) is 5.91 Å². The summed E-state index contributed by atoms with van der Waals surface area (Å²) >= 11 is 6.76. The second-order valence-electron chi connectivity index (χ2n) is 6.47. The van der Waals surface area contributed by atoms with Gasteiger partial charge in [0, 0.05) is 11.3 Å². The zero-order chi connectivity index (χ0) is 23.3. The summed E-state index contributed by atoms with van der Waals surface area (Å²) in [6.07, 6.45) is 1.55. The predicted octanol–water partition coefficient (Wildman–Crippen LogP) is 4.20. The van der Waals surface area contributed by atoms with Gasteiger partial charge in [0.25, 0.3) is 11.1 Å². The number of benzene rings is 2. The second-order valence-corrected chi connectivity index (χ2v) is 7.87. The molecule has 0 bridgehead atoms. The van der Waals surface area contributed by atoms with Gasteiger partial charge in [0.15, 0.2) is 0 Å². The van der Waals surface area contributed by atoms with Crippen molar-refractivity contribution in [3.8, 4) is 5.75 Å². The molecule has 1 fully saturated rings. The topological polar surface area (TPSA) is 102 Å². The average Bonchev–Trinajstić information content (AvgIpc) is 3.03. The Bertz CT molecular complexity index is 1120. The van der Waals surface area contributed by atoms with Crippen LogP contribution in [0, 0.1) is 0 Å². The lowest BCUT2D eigenvalue weighted by atomic mass is 10.2. The number of ether oxygens (including phenoxy) is 2. The van der Waals surface area contributed by atoms with Crippen LogP contribution in [0.15, 0.2) is 47.4 Å². The number of carbonyl (C=O) groups excluding carboxylic acids is 4. The Labute approximate surface area is 193 Å². The zero-order valence-corrected chi connectivity index (χ0v) is 18.8. The molecule has 0 aliphatic carbocycles. The first-order chi connectivity index (χ1) is 15.3. The quantitative estimate of drug-likeness (QED) is 0.474. The average molecular weight is 475 g/mol. The number of nitrogens with one attached hydrogen (secondary N) is 1. The van der Waals surface area contributed by atoms with Crippen molar-refractivity contribution in [2.45, 2.75) is 6.92 Å². The molecular formula is C22H19ClN2O6S. The van der Waals surface area contributed by atoms with E-state index in [0.717, 1.165) is 16.7 Å². The Morgan fingerprint density at radius 2 is 1.94 bits per heavy atom. The highest BCUT2D eigenvalue weighted by atomic mass is 35.5. The van der Waals surface area contributed by atoms with E-state index < -0.39 is 29.6 Å². The van der Waals surface area contributed by atoms with Crippen molar-refractivity contribution in [3.05, 3.63) is 63.5 Å². The van der Waals surface area contributed by atoms with Crippen LogP contribution in [0.25, 0.3) is 6.08 Å². The lowest BCUT2D eigenvalue weighted by Crippen LogP contribution is -2.36. The minimum Gasteiger partial charge on any atom is -0.496 e. The highest BCUT2D eigenvalue weighted by molar-refractivity contribution is 8.18. The van der Waals surface area contributed by atoms with Crippen molar-refractivity contribution < 1.29 is 28.7 Å². The Kier molecular flexibility index (Phi) is 7.55. The van der Waals surface area contributed by atoms with Crippen LogP contribution in [-0.4, -0.2) is 48.2 Å². The molecule has 2 aromatic rings. The number of carbonyl (C=O) groups is 4. The van der Waals surface area contributed by atoms with Crippen LogP contribution >= 0.6 is 23.4 Å². The summed E-state index contributed by atoms with van der Waals surface area (Å²) in [5.41, 5.74) is 1.01. The lowest BCUT2D eigenvalue weighted by molar-refractivity contribution is -0.127. The maximum absolute atomic E-state index is 12.7. The number of hydrogen-bond acceptors (Lipinski definition) is 7. The van der Waals surface area contributed by atoms with Gasteiger partial charge in [-0.15, -0.1) is 0 Å². The SMILES string of the molecule is CCOC(=O)c1cc(NC(=O)CN2C(=O)S/C(=C\c3ccccc3OC)C2=O)ccc1Cl. The molecule has 0 atom stereocenters. The van der Waals surface area contributed by atoms with Gasteiger partial charge in [-0.05, 0) is 49.0 Å². The molecule has 0 saturated carbocycles. The smallest absolute Gasteiger partial charge is 0.339 e. The van der Waals surface area contributed by atoms with Crippen molar-refractivity contribution in [1.82, 2.24) is 4.90 Å². The summed E-state index contributed by atoms with van der Waals surface area (Å²) in [6, 6.07) is 11.4. The van der Waals surface area contributed by atoms with E-state index in [1.54, 1.807) is 37.3 Å². The lowest BCUT2D eigenvalue weighted by Gasteiger charge is -2.13. The molecule has 1 saturated heterocycles. The van der Waals surface area contributed by atoms with Crippen molar-refractivity contribution in [2.24, 2.45) is 0 Å². The fourth-order valence-corrected chi connectivity index (χ4v) is 3.90. The maximum atomic E-state index is 12.7. The van der Waals surface area contributed by atoms with Gasteiger partial charge in [-0.1, -0.05) is 29.8 Å². The Morgan fingerprint density at radius 1 is 1.19 bits per heavy atom. The summed E-state index contributed by atoms with van der Waals surface area (Å²) in [4.78, 5) is 50.5. The Hall–Kier alpha value is -3.30. The van der Waals surface area contributed by atoms with Crippen LogP contribution in [-0.2, 0) is 14.3 Å². The first kappa shape index (κ1) is 23.4. The number of halogens is 1. The molecule has 0 spiro atoms. The van der Waals surface area contributed by atoms with Gasteiger partial charge in [-0.25, -0.2) is 4.79 Å². The molecule has 1 aliphatic heterocycles. The number of para-hydroxylation sites is 1. The van der Waals surface area contributed by atoms with E-state index in [9.17, 15) is 19.2 Å². The van der Waals surface area contributed by atoms with Gasteiger partial charge < -0.3 is 14.8 Å². The van der Waals surface area contributed by atoms with Crippen LogP contribution in [0.5, 0.6) is 5.75 Å². The third kappa shape index (κ3) is 5.30. The van der Waals surface area contributed by atoms with Crippen molar-refractivity contribution in [3.63, 3.8) is 0 Å². The molecule has 0 radical (unpaired) electrons. The first-order valence-corrected chi connectivity index (χ1v) is 10.7. The Balaban J connectivity index is 1.71. The molecule has 3 rings (SSSR count). The molecule has 10 heteroatoms. The number of anilines is 1. The fourth-order valence-electron chi connectivity index (χ4n) is 2.88. The normalized spacial score (nSPS) is 14.6. The zero-order valence-electron chi connectivity index (χ0n) is 17.2. The minimum absolute atomic E-state index is 0.0947. The molecule has 8 nitrogen and oxygen atoms in total. The minimum atomic E-state index is -0.624. The van der Waals surface area contributed by atoms with E-state index in [1.165, 1.54) is 25.3 Å². The summed E-state index contributed by atoms with van der Waals surface area (Å²) < 4.78 is 10.2. The molecule has 1 N–H and O–H groups in total. The van der Waals surface area contributed by atoms with Gasteiger partial charge in [0.1, 0.15) is 12.3 Å². The first-order valence-electron chi connectivity index (χ1n) is 9.49. The summed E-state index contributed by atoms with van der Waals surface area (Å²) in [7, 11) is 1.51. The van der Waals surface area contributed by atoms with Crippen LogP contribution in [0.4, 0.5) is 10.5 Å². The molecule has 3 amide bonds. The number of nitrogens with zero attached hydrogens (tertiary/aromatic N) is 1. The molecule has 0 unspecified atom stereocenters. The number of thioether (sulfide) groups is 1. The monoisotopic (exact) mass is 474 g/mol. The standard InChI is InChI=1S/C22H19ClN2O6S/c1-3-31-21(28)15-11-14(8-9-16(15)23)24-19(26)12-25-20(27)18(32-22(25)29)10-13-6-4-5-7-17(13)30-2/h4-11H,3,12H2,1-2H3,(H,24,26)/b18-10-. The Morgan fingerprint density at radius 3 is 2.66 bits per heavy atom. The van der Waals surface area contributed by atoms with Gasteiger partial charge >= 0.3 is 5.97 Å². The predicted molar refractivity (Wildman–Crippen MR) is 122 cm³/mol. The van der Waals surface area contributed by atoms with Gasteiger partial charge in [-0.2, -0.15) is 0 Å². The van der Waals surface area contributed by atoms with Crippen LogP contribution in [0.3, 0.4) is 0 Å². The second kappa shape index (κ2) is 10.3. The van der Waals surface area contributed by atoms with E-state index in [2.05, 4.69) is 5.32 Å². The number of esters is 1. The van der Waals surface area contributed by atoms with Crippen molar-refractivity contribution >= 4 is 58.1 Å². The van der Waals surface area contributed by atoms with Gasteiger partial charge in [0.05, 0.1) is 29.2 Å². The van der Waals surface area contributed by atoms with E-state index in [-0.39, 0.29) is 27.8 Å². The highest BCUT2D eigenvalue weighted by Gasteiger charge is 2.36. The van der Waals surface area contributed by atoms with E-state index in [4.69, 9.17) is 21.1 Å². The molecule has 1 aliphatic rings. The maximum Gasteiger partial charge on any atom is 0.339 e. The van der Waals surface area contributed by atoms with E-state index in [0.29, 0.717) is 11.3 Å². The van der Waals surface area contributed by atoms with E-state index in [1.807, 2.05) is 0 Å². The van der Waals surface area contributed by atoms with Crippen LogP contribution < -0.4 is 10.1 Å². The number of hydrogen-bond donors (Lipinski definition) is 1. The number of amides is 3. The number of rotatable bonds is 7. The fraction of sp³-hybridized carbons (Fsp3) is 0.182. The highest BCUT2D eigenvalue weighted by Crippen LogP contribution is 2.33. The third-order valence-corrected chi connectivity index (χ3v) is 5.58. The number of imide groups is 1. The van der Waals surface area contributed by atoms with Crippen molar-refractivity contribution in [2.75, 3.05) is 25.6 Å². The summed E-state index contributed by atoms with van der Waals surface area (Å²) in [5.74, 6) is -1.26. The molecule has 2 aromatic carbocycles. The third-order valence-electron chi connectivity index (χ3n) is 4.35. The largest absolute Gasteiger partial charge is 0.496 e. The summed E-state index contributed by atoms with van der Waals surface area (Å²) in [5, 5.41) is 2.17. The molecule has 1 heterocycles. The van der Waals surface area contributed by atoms with E-state index >= 15 is 0 Å². The molecular weight excluding hydrogens is 456 g/mol. The molecule has 166 valence electrons. The van der Waals surface area contributed by atoms with Gasteiger partial charge in [-0.3, -0.25) is 19.3 Å².